The van der Waals surface area contributed by atoms with Crippen LogP contribution in [0.2, 0.25) is 0 Å². The number of hydrogen-bond donors (Lipinski definition) is 2. The topological polar surface area (TPSA) is 82.8 Å². The Hall–Kier alpha value is -1.82. The van der Waals surface area contributed by atoms with Gasteiger partial charge < -0.3 is 19.7 Å². The Morgan fingerprint density at radius 2 is 2.11 bits per heavy atom. The number of furan rings is 1. The number of carboxylic acid groups (broad SMARTS) is 1. The van der Waals surface area contributed by atoms with E-state index in [1.807, 2.05) is 4.90 Å². The number of carbonyl (C=O) groups is 2. The van der Waals surface area contributed by atoms with Crippen LogP contribution in [0.5, 0.6) is 0 Å². The zero-order valence-corrected chi connectivity index (χ0v) is 10.9. The fourth-order valence-corrected chi connectivity index (χ4v) is 2.21. The largest absolute Gasteiger partial charge is 0.478 e. The third-order valence-electron chi connectivity index (χ3n) is 3.23. The monoisotopic (exact) mass is 266 g/mol. The van der Waals surface area contributed by atoms with Crippen LogP contribution in [0.25, 0.3) is 0 Å². The van der Waals surface area contributed by atoms with Crippen LogP contribution in [0.4, 0.5) is 0 Å². The predicted molar refractivity (Wildman–Crippen MR) is 67.9 cm³/mol. The van der Waals surface area contributed by atoms with Crippen molar-refractivity contribution in [1.82, 2.24) is 10.2 Å². The van der Waals surface area contributed by atoms with E-state index in [1.54, 1.807) is 6.92 Å². The molecule has 6 heteroatoms. The van der Waals surface area contributed by atoms with E-state index in [1.165, 1.54) is 6.07 Å². The molecule has 1 aromatic rings. The Kier molecular flexibility index (Phi) is 4.21. The molecule has 1 saturated heterocycles. The van der Waals surface area contributed by atoms with Gasteiger partial charge in [-0.25, -0.2) is 4.79 Å². The minimum atomic E-state index is -0.999. The normalized spacial score (nSPS) is 14.9. The van der Waals surface area contributed by atoms with Crippen molar-refractivity contribution >= 4 is 11.9 Å². The van der Waals surface area contributed by atoms with Crippen LogP contribution in [0.1, 0.15) is 34.7 Å². The summed E-state index contributed by atoms with van der Waals surface area (Å²) in [5, 5.41) is 11.9. The summed E-state index contributed by atoms with van der Waals surface area (Å²) in [6, 6.07) is 1.49. The number of aromatic carboxylic acids is 1. The molecule has 1 aromatic heterocycles. The molecule has 1 amide bonds. The van der Waals surface area contributed by atoms with Crippen LogP contribution < -0.4 is 5.32 Å². The maximum absolute atomic E-state index is 11.8. The highest BCUT2D eigenvalue weighted by molar-refractivity contribution is 5.88. The highest BCUT2D eigenvalue weighted by Gasteiger charge is 2.18. The van der Waals surface area contributed by atoms with Gasteiger partial charge >= 0.3 is 5.97 Å². The Labute approximate surface area is 111 Å². The molecule has 0 unspecified atom stereocenters. The smallest absolute Gasteiger partial charge is 0.339 e. The average molecular weight is 266 g/mol. The lowest BCUT2D eigenvalue weighted by atomic mass is 10.2. The number of nitrogens with zero attached hydrogens (tertiary/aromatic N) is 1. The van der Waals surface area contributed by atoms with E-state index in [4.69, 9.17) is 9.52 Å². The number of nitrogens with one attached hydrogen (secondary N) is 1. The molecule has 0 aromatic carbocycles. The van der Waals surface area contributed by atoms with Gasteiger partial charge in [-0.15, -0.1) is 0 Å². The summed E-state index contributed by atoms with van der Waals surface area (Å²) in [4.78, 5) is 24.4. The number of aryl methyl sites for hydroxylation is 1. The summed E-state index contributed by atoms with van der Waals surface area (Å²) in [5.41, 5.74) is 0.169. The van der Waals surface area contributed by atoms with Gasteiger partial charge in [0.25, 0.3) is 0 Å². The molecule has 104 valence electrons. The number of rotatable bonds is 5. The first-order valence-electron chi connectivity index (χ1n) is 6.39. The van der Waals surface area contributed by atoms with Crippen molar-refractivity contribution in [2.45, 2.75) is 26.3 Å². The van der Waals surface area contributed by atoms with E-state index in [9.17, 15) is 9.59 Å². The van der Waals surface area contributed by atoms with E-state index < -0.39 is 5.97 Å². The van der Waals surface area contributed by atoms with Gasteiger partial charge in [0, 0.05) is 13.1 Å². The lowest BCUT2D eigenvalue weighted by Gasteiger charge is -2.14. The second kappa shape index (κ2) is 5.88. The summed E-state index contributed by atoms with van der Waals surface area (Å²) in [7, 11) is 0. The highest BCUT2D eigenvalue weighted by Crippen LogP contribution is 2.14. The molecule has 0 saturated carbocycles. The number of likely N-dealkylation sites (tertiary alicyclic amines) is 1. The number of amides is 1. The zero-order chi connectivity index (χ0) is 13.8. The minimum Gasteiger partial charge on any atom is -0.478 e. The fourth-order valence-electron chi connectivity index (χ4n) is 2.21. The van der Waals surface area contributed by atoms with Crippen LogP contribution >= 0.6 is 0 Å². The van der Waals surface area contributed by atoms with Crippen LogP contribution in [0, 0.1) is 6.92 Å². The van der Waals surface area contributed by atoms with Crippen molar-refractivity contribution in [3.8, 4) is 0 Å². The lowest BCUT2D eigenvalue weighted by molar-refractivity contribution is -0.129. The number of hydrogen-bond acceptors (Lipinski definition) is 4. The number of carbonyl (C=O) groups excluding carboxylic acids is 1. The van der Waals surface area contributed by atoms with Crippen molar-refractivity contribution in [1.29, 1.82) is 0 Å². The van der Waals surface area contributed by atoms with Gasteiger partial charge in [0.2, 0.25) is 5.91 Å². The molecule has 2 heterocycles. The van der Waals surface area contributed by atoms with E-state index in [-0.39, 0.29) is 18.0 Å². The zero-order valence-electron chi connectivity index (χ0n) is 10.9. The van der Waals surface area contributed by atoms with Crippen molar-refractivity contribution < 1.29 is 19.1 Å². The summed E-state index contributed by atoms with van der Waals surface area (Å²) >= 11 is 0. The highest BCUT2D eigenvalue weighted by atomic mass is 16.4. The van der Waals surface area contributed by atoms with Crippen LogP contribution in [0.15, 0.2) is 10.5 Å². The van der Waals surface area contributed by atoms with Gasteiger partial charge in [-0.2, -0.15) is 0 Å². The summed E-state index contributed by atoms with van der Waals surface area (Å²) < 4.78 is 5.32. The van der Waals surface area contributed by atoms with Gasteiger partial charge in [-0.1, -0.05) is 0 Å². The van der Waals surface area contributed by atoms with Gasteiger partial charge in [-0.3, -0.25) is 4.79 Å². The second-order valence-corrected chi connectivity index (χ2v) is 4.68. The van der Waals surface area contributed by atoms with Crippen molar-refractivity contribution in [2.24, 2.45) is 0 Å². The van der Waals surface area contributed by atoms with Gasteiger partial charge in [-0.05, 0) is 25.8 Å². The van der Waals surface area contributed by atoms with Crippen molar-refractivity contribution in [3.63, 3.8) is 0 Å². The molecule has 1 aliphatic rings. The maximum Gasteiger partial charge on any atom is 0.339 e. The SMILES string of the molecule is Cc1oc(CNCC(=O)N2CCCC2)cc1C(=O)O. The Balaban J connectivity index is 1.80. The van der Waals surface area contributed by atoms with Gasteiger partial charge in [0.1, 0.15) is 17.1 Å². The third kappa shape index (κ3) is 3.35. The molecule has 2 N–H and O–H groups in total. The lowest BCUT2D eigenvalue weighted by Crippen LogP contribution is -2.35. The average Bonchev–Trinajstić information content (AvgIpc) is 2.98. The molecule has 0 radical (unpaired) electrons. The third-order valence-corrected chi connectivity index (χ3v) is 3.23. The molecular weight excluding hydrogens is 248 g/mol. The van der Waals surface area contributed by atoms with E-state index >= 15 is 0 Å². The van der Waals surface area contributed by atoms with E-state index in [0.717, 1.165) is 25.9 Å². The van der Waals surface area contributed by atoms with Gasteiger partial charge in [0.05, 0.1) is 13.1 Å². The molecule has 1 fully saturated rings. The Bertz CT molecular complexity index is 475. The molecule has 0 atom stereocenters. The summed E-state index contributed by atoms with van der Waals surface area (Å²) in [6.45, 7) is 3.89. The quantitative estimate of drug-likeness (QED) is 0.830. The maximum atomic E-state index is 11.8. The first kappa shape index (κ1) is 13.6. The molecule has 0 aliphatic carbocycles. The van der Waals surface area contributed by atoms with Crippen molar-refractivity contribution in [3.05, 3.63) is 23.2 Å². The number of carboxylic acids is 1. The van der Waals surface area contributed by atoms with Crippen LogP contribution in [-0.4, -0.2) is 41.5 Å². The summed E-state index contributed by atoms with van der Waals surface area (Å²) in [5.74, 6) is -0.000768. The predicted octanol–water partition coefficient (Wildman–Crippen LogP) is 0.998. The van der Waals surface area contributed by atoms with E-state index in [0.29, 0.717) is 18.1 Å². The van der Waals surface area contributed by atoms with Gasteiger partial charge in [0.15, 0.2) is 0 Å². The van der Waals surface area contributed by atoms with Crippen LogP contribution in [0.3, 0.4) is 0 Å². The molecule has 0 spiro atoms. The molecular formula is C13H18N2O4. The first-order valence-corrected chi connectivity index (χ1v) is 6.39. The fraction of sp³-hybridized carbons (Fsp3) is 0.538. The minimum absolute atomic E-state index is 0.0826. The molecule has 2 rings (SSSR count). The molecule has 19 heavy (non-hydrogen) atoms. The molecule has 6 nitrogen and oxygen atoms in total. The van der Waals surface area contributed by atoms with E-state index in [2.05, 4.69) is 5.32 Å². The second-order valence-electron chi connectivity index (χ2n) is 4.68. The first-order chi connectivity index (χ1) is 9.08. The summed E-state index contributed by atoms with van der Waals surface area (Å²) in [6.07, 6.45) is 2.15. The molecule has 0 bridgehead atoms. The standard InChI is InChI=1S/C13H18N2O4/c1-9-11(13(17)18)6-10(19-9)7-14-8-12(16)15-4-2-3-5-15/h6,14H,2-5,7-8H2,1H3,(H,17,18). The Morgan fingerprint density at radius 3 is 2.68 bits per heavy atom. The van der Waals surface area contributed by atoms with Crippen LogP contribution in [-0.2, 0) is 11.3 Å². The van der Waals surface area contributed by atoms with Crippen molar-refractivity contribution in [2.75, 3.05) is 19.6 Å². The molecule has 1 aliphatic heterocycles. The Morgan fingerprint density at radius 1 is 1.42 bits per heavy atom.